The van der Waals surface area contributed by atoms with Gasteiger partial charge in [0.25, 0.3) is 0 Å². The highest BCUT2D eigenvalue weighted by atomic mass is 32.1. The van der Waals surface area contributed by atoms with Gasteiger partial charge in [-0.3, -0.25) is 4.98 Å². The number of hydrogen-bond acceptors (Lipinski definition) is 3. The molecule has 31 heavy (non-hydrogen) atoms. The van der Waals surface area contributed by atoms with Gasteiger partial charge in [-0.25, -0.2) is 0 Å². The Morgan fingerprint density at radius 2 is 1.87 bits per heavy atom. The monoisotopic (exact) mass is 434 g/mol. The fraction of sp³-hybridized carbons (Fsp3) is 0.360. The predicted molar refractivity (Wildman–Crippen MR) is 129 cm³/mol. The van der Waals surface area contributed by atoms with Crippen molar-refractivity contribution in [3.8, 4) is 11.4 Å². The van der Waals surface area contributed by atoms with E-state index in [0.717, 1.165) is 28.8 Å². The minimum absolute atomic E-state index is 0.0114. The first kappa shape index (κ1) is 21.4. The molecule has 162 valence electrons. The Balaban J connectivity index is 1.81. The zero-order valence-electron chi connectivity index (χ0n) is 18.8. The largest absolute Gasteiger partial charge is 0.497 e. The van der Waals surface area contributed by atoms with Crippen LogP contribution in [0, 0.1) is 19.8 Å². The van der Waals surface area contributed by atoms with Gasteiger partial charge in [-0.2, -0.15) is 0 Å². The highest BCUT2D eigenvalue weighted by Gasteiger charge is 2.41. The Labute approximate surface area is 190 Å². The number of thiocarbonyl (C=S) groups is 1. The van der Waals surface area contributed by atoms with E-state index < -0.39 is 0 Å². The molecule has 0 spiro atoms. The molecule has 1 aromatic carbocycles. The molecule has 5 nitrogen and oxygen atoms in total. The van der Waals surface area contributed by atoms with Crippen LogP contribution in [0.2, 0.25) is 0 Å². The van der Waals surface area contributed by atoms with Crippen molar-refractivity contribution >= 4 is 17.3 Å². The van der Waals surface area contributed by atoms with Crippen LogP contribution in [-0.2, 0) is 0 Å². The van der Waals surface area contributed by atoms with Crippen molar-refractivity contribution in [2.75, 3.05) is 13.7 Å². The second-order valence-electron chi connectivity index (χ2n) is 8.53. The Morgan fingerprint density at radius 3 is 2.48 bits per heavy atom. The van der Waals surface area contributed by atoms with Crippen LogP contribution in [-0.4, -0.2) is 33.2 Å². The zero-order valence-corrected chi connectivity index (χ0v) is 19.6. The van der Waals surface area contributed by atoms with Gasteiger partial charge >= 0.3 is 0 Å². The normalized spacial score (nSPS) is 18.5. The topological polar surface area (TPSA) is 42.3 Å². The van der Waals surface area contributed by atoms with Gasteiger partial charge < -0.3 is 19.5 Å². The molecule has 3 aromatic rings. The summed E-state index contributed by atoms with van der Waals surface area (Å²) < 4.78 is 7.64. The minimum atomic E-state index is 0.0114. The molecule has 1 fully saturated rings. The average Bonchev–Trinajstić information content (AvgIpc) is 3.24. The minimum Gasteiger partial charge on any atom is -0.497 e. The van der Waals surface area contributed by atoms with Crippen molar-refractivity contribution in [1.82, 2.24) is 19.8 Å². The lowest BCUT2D eigenvalue weighted by atomic mass is 9.96. The first-order valence-corrected chi connectivity index (χ1v) is 11.1. The van der Waals surface area contributed by atoms with E-state index in [4.69, 9.17) is 17.0 Å². The quantitative estimate of drug-likeness (QED) is 0.545. The molecule has 0 amide bonds. The SMILES string of the molecule is COc1ccc(-n2c(C)cc([C@H]3[C@@H](c4ccccn4)NC(=S)N3CC(C)C)c2C)cc1. The van der Waals surface area contributed by atoms with E-state index in [2.05, 4.69) is 71.7 Å². The number of pyridine rings is 1. The Bertz CT molecular complexity index is 1060. The number of benzene rings is 1. The van der Waals surface area contributed by atoms with E-state index in [-0.39, 0.29) is 12.1 Å². The highest BCUT2D eigenvalue weighted by molar-refractivity contribution is 7.80. The van der Waals surface area contributed by atoms with Gasteiger partial charge in [0.15, 0.2) is 5.11 Å². The van der Waals surface area contributed by atoms with Gasteiger partial charge in [0.05, 0.1) is 24.9 Å². The number of nitrogens with one attached hydrogen (secondary N) is 1. The van der Waals surface area contributed by atoms with E-state index in [9.17, 15) is 0 Å². The van der Waals surface area contributed by atoms with Crippen molar-refractivity contribution in [1.29, 1.82) is 0 Å². The van der Waals surface area contributed by atoms with Crippen LogP contribution in [0.4, 0.5) is 0 Å². The van der Waals surface area contributed by atoms with E-state index >= 15 is 0 Å². The molecule has 0 bridgehead atoms. The first-order chi connectivity index (χ1) is 14.9. The van der Waals surface area contributed by atoms with Crippen LogP contribution in [0.1, 0.15) is 48.6 Å². The van der Waals surface area contributed by atoms with Crippen molar-refractivity contribution in [3.05, 3.63) is 77.4 Å². The lowest BCUT2D eigenvalue weighted by molar-refractivity contribution is 0.287. The summed E-state index contributed by atoms with van der Waals surface area (Å²) in [5.74, 6) is 1.35. The molecule has 0 unspecified atom stereocenters. The van der Waals surface area contributed by atoms with Crippen LogP contribution in [0.25, 0.3) is 5.69 Å². The maximum absolute atomic E-state index is 5.78. The molecule has 3 heterocycles. The third kappa shape index (κ3) is 4.04. The number of hydrogen-bond donors (Lipinski definition) is 1. The summed E-state index contributed by atoms with van der Waals surface area (Å²) in [7, 11) is 1.69. The number of nitrogens with zero attached hydrogens (tertiary/aromatic N) is 3. The highest BCUT2D eigenvalue weighted by Crippen LogP contribution is 2.41. The Morgan fingerprint density at radius 1 is 1.13 bits per heavy atom. The third-order valence-corrected chi connectivity index (χ3v) is 6.23. The summed E-state index contributed by atoms with van der Waals surface area (Å²) >= 11 is 5.78. The lowest BCUT2D eigenvalue weighted by Gasteiger charge is -2.29. The lowest BCUT2D eigenvalue weighted by Crippen LogP contribution is -2.33. The number of ether oxygens (including phenoxy) is 1. The second-order valence-corrected chi connectivity index (χ2v) is 8.92. The average molecular weight is 435 g/mol. The van der Waals surface area contributed by atoms with Crippen LogP contribution in [0.5, 0.6) is 5.75 Å². The maximum atomic E-state index is 5.78. The fourth-order valence-corrected chi connectivity index (χ4v) is 4.86. The summed E-state index contributed by atoms with van der Waals surface area (Å²) in [5, 5.41) is 4.35. The van der Waals surface area contributed by atoms with Crippen molar-refractivity contribution < 1.29 is 4.74 Å². The van der Waals surface area contributed by atoms with Gasteiger partial charge in [-0.15, -0.1) is 0 Å². The van der Waals surface area contributed by atoms with Gasteiger partial charge in [0.1, 0.15) is 5.75 Å². The Kier molecular flexibility index (Phi) is 6.01. The molecular weight excluding hydrogens is 404 g/mol. The summed E-state index contributed by atoms with van der Waals surface area (Å²) in [6, 6.07) is 16.7. The standard InChI is InChI=1S/C25H30N4OS/c1-16(2)15-28-24(23(27-25(28)31)22-8-6-7-13-26-22)21-14-17(3)29(18(21)4)19-9-11-20(30-5)12-10-19/h6-14,16,23-24H,15H2,1-5H3,(H,27,31)/t23-,24+/m1/s1. The van der Waals surface area contributed by atoms with E-state index in [1.165, 1.54) is 17.0 Å². The molecular formula is C25H30N4OS. The summed E-state index contributed by atoms with van der Waals surface area (Å²) in [4.78, 5) is 6.98. The molecule has 6 heteroatoms. The molecule has 2 atom stereocenters. The summed E-state index contributed by atoms with van der Waals surface area (Å²) in [5.41, 5.74) is 5.82. The number of aromatic nitrogens is 2. The second kappa shape index (κ2) is 8.71. The number of rotatable bonds is 6. The smallest absolute Gasteiger partial charge is 0.170 e. The molecule has 1 aliphatic heterocycles. The molecule has 2 aromatic heterocycles. The zero-order chi connectivity index (χ0) is 22.1. The summed E-state index contributed by atoms with van der Waals surface area (Å²) in [6.45, 7) is 9.70. The van der Waals surface area contributed by atoms with E-state index in [1.54, 1.807) is 7.11 Å². The van der Waals surface area contributed by atoms with Crippen molar-refractivity contribution in [2.24, 2.45) is 5.92 Å². The van der Waals surface area contributed by atoms with Crippen molar-refractivity contribution in [2.45, 2.75) is 39.8 Å². The van der Waals surface area contributed by atoms with Gasteiger partial charge in [0, 0.05) is 29.8 Å². The predicted octanol–water partition coefficient (Wildman–Crippen LogP) is 5.13. The van der Waals surface area contributed by atoms with Crippen LogP contribution >= 0.6 is 12.2 Å². The molecule has 1 saturated heterocycles. The molecule has 4 rings (SSSR count). The third-order valence-electron chi connectivity index (χ3n) is 5.88. The molecule has 1 aliphatic rings. The summed E-state index contributed by atoms with van der Waals surface area (Å²) in [6.07, 6.45) is 1.85. The molecule has 1 N–H and O–H groups in total. The Hall–Kier alpha value is -2.86. The van der Waals surface area contributed by atoms with Crippen LogP contribution in [0.3, 0.4) is 0 Å². The van der Waals surface area contributed by atoms with E-state index in [1.807, 2.05) is 30.5 Å². The van der Waals surface area contributed by atoms with Crippen molar-refractivity contribution in [3.63, 3.8) is 0 Å². The van der Waals surface area contributed by atoms with E-state index in [0.29, 0.717) is 5.92 Å². The van der Waals surface area contributed by atoms with Gasteiger partial charge in [-0.1, -0.05) is 19.9 Å². The molecule has 0 radical (unpaired) electrons. The molecule has 0 saturated carbocycles. The maximum Gasteiger partial charge on any atom is 0.170 e. The molecule has 0 aliphatic carbocycles. The first-order valence-electron chi connectivity index (χ1n) is 10.7. The number of aryl methyl sites for hydroxylation is 1. The fourth-order valence-electron chi connectivity index (χ4n) is 4.55. The number of methoxy groups -OCH3 is 1. The van der Waals surface area contributed by atoms with Gasteiger partial charge in [-0.05, 0) is 80.0 Å². The van der Waals surface area contributed by atoms with Crippen LogP contribution < -0.4 is 10.1 Å². The van der Waals surface area contributed by atoms with Crippen LogP contribution in [0.15, 0.2) is 54.7 Å². The van der Waals surface area contributed by atoms with Gasteiger partial charge in [0.2, 0.25) is 0 Å².